The van der Waals surface area contributed by atoms with E-state index in [9.17, 15) is 0 Å². The second-order valence-corrected chi connectivity index (χ2v) is 8.12. The van der Waals surface area contributed by atoms with Crippen molar-refractivity contribution in [3.63, 3.8) is 0 Å². The zero-order valence-electron chi connectivity index (χ0n) is 13.4. The Kier molecular flexibility index (Phi) is 5.25. The Morgan fingerprint density at radius 1 is 1.06 bits per heavy atom. The lowest BCUT2D eigenvalue weighted by Gasteiger charge is -2.43. The molecule has 0 bridgehead atoms. The van der Waals surface area contributed by atoms with Crippen LogP contribution in [0.5, 0.6) is 0 Å². The molecule has 2 heteroatoms. The molecular formula is C16H33NO. The van der Waals surface area contributed by atoms with Crippen molar-refractivity contribution in [2.75, 3.05) is 13.2 Å². The van der Waals surface area contributed by atoms with Crippen molar-refractivity contribution >= 4 is 0 Å². The molecule has 1 rings (SSSR count). The molecule has 0 radical (unpaired) electrons. The van der Waals surface area contributed by atoms with Gasteiger partial charge in [0, 0.05) is 12.1 Å². The fourth-order valence-corrected chi connectivity index (χ4v) is 2.28. The van der Waals surface area contributed by atoms with Gasteiger partial charge in [-0.25, -0.2) is 0 Å². The normalized spacial score (nSPS) is 19.7. The van der Waals surface area contributed by atoms with Gasteiger partial charge >= 0.3 is 0 Å². The van der Waals surface area contributed by atoms with E-state index in [4.69, 9.17) is 4.74 Å². The van der Waals surface area contributed by atoms with Gasteiger partial charge in [-0.1, -0.05) is 20.8 Å². The summed E-state index contributed by atoms with van der Waals surface area (Å²) in [6.45, 7) is 15.5. The summed E-state index contributed by atoms with van der Waals surface area (Å²) in [5.41, 5.74) is 0.800. The third-order valence-electron chi connectivity index (χ3n) is 3.76. The van der Waals surface area contributed by atoms with Crippen LogP contribution < -0.4 is 5.32 Å². The van der Waals surface area contributed by atoms with Crippen LogP contribution in [-0.2, 0) is 4.74 Å². The molecule has 0 spiro atoms. The topological polar surface area (TPSA) is 21.3 Å². The monoisotopic (exact) mass is 255 g/mol. The number of hydrogen-bond acceptors (Lipinski definition) is 2. The average molecular weight is 255 g/mol. The molecule has 18 heavy (non-hydrogen) atoms. The number of rotatable bonds is 6. The van der Waals surface area contributed by atoms with E-state index in [2.05, 4.69) is 46.9 Å². The average Bonchev–Trinajstić information content (AvgIpc) is 2.08. The highest BCUT2D eigenvalue weighted by molar-refractivity contribution is 4.91. The minimum Gasteiger partial charge on any atom is -0.375 e. The highest BCUT2D eigenvalue weighted by Crippen LogP contribution is 2.39. The molecule has 0 amide bonds. The van der Waals surface area contributed by atoms with Crippen LogP contribution in [0.4, 0.5) is 0 Å². The molecule has 1 aliphatic rings. The lowest BCUT2D eigenvalue weighted by atomic mass is 9.77. The summed E-state index contributed by atoms with van der Waals surface area (Å²) in [6.07, 6.45) is 6.16. The maximum atomic E-state index is 6.22. The summed E-state index contributed by atoms with van der Waals surface area (Å²) in [6, 6.07) is 0. The Morgan fingerprint density at radius 3 is 2.06 bits per heavy atom. The molecule has 108 valence electrons. The van der Waals surface area contributed by atoms with Crippen LogP contribution in [0.2, 0.25) is 0 Å². The van der Waals surface area contributed by atoms with E-state index in [1.165, 1.54) is 19.3 Å². The molecule has 1 N–H and O–H groups in total. The van der Waals surface area contributed by atoms with Crippen LogP contribution in [0.25, 0.3) is 0 Å². The molecule has 2 nitrogen and oxygen atoms in total. The van der Waals surface area contributed by atoms with Crippen molar-refractivity contribution in [2.45, 2.75) is 84.8 Å². The van der Waals surface area contributed by atoms with Crippen molar-refractivity contribution < 1.29 is 4.74 Å². The molecule has 1 fully saturated rings. The Labute approximate surface area is 114 Å². The minimum absolute atomic E-state index is 0.198. The minimum atomic E-state index is 0.198. The van der Waals surface area contributed by atoms with Gasteiger partial charge in [0.05, 0.1) is 5.60 Å². The summed E-state index contributed by atoms with van der Waals surface area (Å²) < 4.78 is 6.22. The van der Waals surface area contributed by atoms with Crippen molar-refractivity contribution in [3.05, 3.63) is 0 Å². The first-order valence-electron chi connectivity index (χ1n) is 7.51. The van der Waals surface area contributed by atoms with Gasteiger partial charge < -0.3 is 10.1 Å². The van der Waals surface area contributed by atoms with Crippen LogP contribution in [-0.4, -0.2) is 24.3 Å². The molecule has 0 aromatic rings. The first-order valence-corrected chi connectivity index (χ1v) is 7.51. The third kappa shape index (κ3) is 6.19. The van der Waals surface area contributed by atoms with Gasteiger partial charge in [-0.3, -0.25) is 0 Å². The molecule has 0 saturated heterocycles. The van der Waals surface area contributed by atoms with Crippen molar-refractivity contribution in [2.24, 2.45) is 5.41 Å². The van der Waals surface area contributed by atoms with E-state index in [0.717, 1.165) is 26.0 Å². The summed E-state index contributed by atoms with van der Waals surface area (Å²) in [5, 5.41) is 3.57. The lowest BCUT2D eigenvalue weighted by Crippen LogP contribution is -2.45. The third-order valence-corrected chi connectivity index (χ3v) is 3.76. The standard InChI is InChI=1S/C16H33NO/c1-14(2,3)11-13-18-16(8-7-9-16)10-12-17-15(4,5)6/h17H,7-13H2,1-6H3. The van der Waals surface area contributed by atoms with Crippen molar-refractivity contribution in [1.82, 2.24) is 5.32 Å². The van der Waals surface area contributed by atoms with E-state index in [-0.39, 0.29) is 11.1 Å². The molecule has 1 saturated carbocycles. The summed E-state index contributed by atoms with van der Waals surface area (Å²) in [5.74, 6) is 0. The zero-order valence-corrected chi connectivity index (χ0v) is 13.4. The van der Waals surface area contributed by atoms with E-state index < -0.39 is 0 Å². The maximum Gasteiger partial charge on any atom is 0.0694 e. The highest BCUT2D eigenvalue weighted by atomic mass is 16.5. The van der Waals surface area contributed by atoms with Crippen LogP contribution in [0.15, 0.2) is 0 Å². The van der Waals surface area contributed by atoms with Gasteiger partial charge in [-0.15, -0.1) is 0 Å². The van der Waals surface area contributed by atoms with Gasteiger partial charge in [0.2, 0.25) is 0 Å². The molecule has 0 aromatic carbocycles. The quantitative estimate of drug-likeness (QED) is 0.770. The predicted molar refractivity (Wildman–Crippen MR) is 79.0 cm³/mol. The lowest BCUT2D eigenvalue weighted by molar-refractivity contribution is -0.110. The Balaban J connectivity index is 2.26. The molecule has 0 atom stereocenters. The molecule has 0 aliphatic heterocycles. The molecular weight excluding hydrogens is 222 g/mol. The summed E-state index contributed by atoms with van der Waals surface area (Å²) >= 11 is 0. The van der Waals surface area contributed by atoms with Gasteiger partial charge in [0.15, 0.2) is 0 Å². The van der Waals surface area contributed by atoms with Crippen molar-refractivity contribution in [3.8, 4) is 0 Å². The van der Waals surface area contributed by atoms with Crippen LogP contribution in [0, 0.1) is 5.41 Å². The SMILES string of the molecule is CC(C)(C)CCOC1(CCNC(C)(C)C)CCC1. The zero-order chi connectivity index (χ0) is 13.9. The van der Waals surface area contributed by atoms with E-state index in [0.29, 0.717) is 5.41 Å². The van der Waals surface area contributed by atoms with Crippen LogP contribution in [0.1, 0.15) is 73.6 Å². The predicted octanol–water partition coefficient (Wildman–Crippen LogP) is 4.14. The first-order chi connectivity index (χ1) is 8.12. The molecule has 0 heterocycles. The largest absolute Gasteiger partial charge is 0.375 e. The van der Waals surface area contributed by atoms with Crippen molar-refractivity contribution in [1.29, 1.82) is 0 Å². The fourth-order valence-electron chi connectivity index (χ4n) is 2.28. The van der Waals surface area contributed by atoms with Crippen LogP contribution in [0.3, 0.4) is 0 Å². The summed E-state index contributed by atoms with van der Waals surface area (Å²) in [4.78, 5) is 0. The smallest absolute Gasteiger partial charge is 0.0694 e. The van der Waals surface area contributed by atoms with Gasteiger partial charge in [-0.2, -0.15) is 0 Å². The molecule has 0 unspecified atom stereocenters. The Bertz CT molecular complexity index is 221. The highest BCUT2D eigenvalue weighted by Gasteiger charge is 2.37. The van der Waals surface area contributed by atoms with E-state index in [1.54, 1.807) is 0 Å². The van der Waals surface area contributed by atoms with E-state index >= 15 is 0 Å². The number of nitrogens with one attached hydrogen (secondary N) is 1. The van der Waals surface area contributed by atoms with Crippen LogP contribution >= 0.6 is 0 Å². The summed E-state index contributed by atoms with van der Waals surface area (Å²) in [7, 11) is 0. The Morgan fingerprint density at radius 2 is 1.67 bits per heavy atom. The number of hydrogen-bond donors (Lipinski definition) is 1. The molecule has 1 aliphatic carbocycles. The number of ether oxygens (including phenoxy) is 1. The molecule has 0 aromatic heterocycles. The second kappa shape index (κ2) is 5.92. The van der Waals surface area contributed by atoms with Gasteiger partial charge in [-0.05, 0) is 64.8 Å². The van der Waals surface area contributed by atoms with E-state index in [1.807, 2.05) is 0 Å². The first kappa shape index (κ1) is 16.0. The fraction of sp³-hybridized carbons (Fsp3) is 1.00. The second-order valence-electron chi connectivity index (χ2n) is 8.12. The van der Waals surface area contributed by atoms with Gasteiger partial charge in [0.25, 0.3) is 0 Å². The van der Waals surface area contributed by atoms with Gasteiger partial charge in [0.1, 0.15) is 0 Å². The maximum absolute atomic E-state index is 6.22. The Hall–Kier alpha value is -0.0800.